The average Bonchev–Trinajstić information content (AvgIpc) is 3.40. The summed E-state index contributed by atoms with van der Waals surface area (Å²) in [4.78, 5) is 60.4. The van der Waals surface area contributed by atoms with Crippen molar-refractivity contribution < 1.29 is 42.2 Å². The molecule has 3 N–H and O–H groups in total. The first-order chi connectivity index (χ1) is 23.6. The molecule has 17 heteroatoms. The number of thioether (sulfide) groups is 1. The molecule has 1 saturated heterocycles. The highest BCUT2D eigenvalue weighted by atomic mass is 35.5. The number of ether oxygens (including phenoxy) is 1. The Morgan fingerprint density at radius 2 is 1.80 bits per heavy atom. The highest BCUT2D eigenvalue weighted by Crippen LogP contribution is 2.35. The number of amides is 2. The quantitative estimate of drug-likeness (QED) is 0.190. The zero-order chi connectivity index (χ0) is 36.7. The zero-order valence-electron chi connectivity index (χ0n) is 27.4. The zero-order valence-corrected chi connectivity index (χ0v) is 29.0. The topological polar surface area (TPSA) is 154 Å². The van der Waals surface area contributed by atoms with Crippen molar-refractivity contribution in [2.24, 2.45) is 10.9 Å². The molecule has 0 bridgehead atoms. The number of rotatable bonds is 7. The number of pyridine rings is 1. The number of carbonyl (C=O) groups is 4. The fourth-order valence-electron chi connectivity index (χ4n) is 4.73. The molecule has 2 aliphatic heterocycles. The fourth-order valence-corrected chi connectivity index (χ4v) is 5.72. The van der Waals surface area contributed by atoms with Crippen molar-refractivity contribution in [3.05, 3.63) is 63.6 Å². The number of fused-ring (bicyclic) bond motifs is 1. The number of aromatic nitrogens is 1. The summed E-state index contributed by atoms with van der Waals surface area (Å²) in [6, 6.07) is 10.8. The standard InChI is InChI=1S/C31H33ClN6O4S.C2HF3O2/c1-5-42-30(41)22-17-33-24-9-6-19(14-21(24)27(22)38-12-10-37(4)11-13-38)15-26-29(40)36-31(43-26)35-25-16-20(7-8-23(25)32)34-28(39)18(2)3;3-2(4,5)1(6)7/h6-9,14-18H,5,10-13H2,1-4H3,(H,34,39)(H,35,36,40);(H,6,7)/b26-15+;. The number of halogens is 4. The third-order valence-corrected chi connectivity index (χ3v) is 8.57. The van der Waals surface area contributed by atoms with E-state index in [1.807, 2.05) is 32.0 Å². The Hall–Kier alpha value is -4.67. The SMILES string of the molecule is CCOC(=O)c1cnc2ccc(/C=C3/SC(Nc4cc(NC(=O)C(C)C)ccc4Cl)=NC3=O)cc2c1N1CCN(C)CC1.O=C(O)C(F)(F)F. The van der Waals surface area contributed by atoms with Gasteiger partial charge in [-0.3, -0.25) is 14.6 Å². The van der Waals surface area contributed by atoms with Crippen LogP contribution in [0.4, 0.5) is 30.2 Å². The maximum absolute atomic E-state index is 12.9. The Kier molecular flexibility index (Phi) is 12.5. The van der Waals surface area contributed by atoms with Crippen molar-refractivity contribution in [2.45, 2.75) is 26.9 Å². The monoisotopic (exact) mass is 734 g/mol. The van der Waals surface area contributed by atoms with Gasteiger partial charge in [0.1, 0.15) is 5.56 Å². The van der Waals surface area contributed by atoms with Gasteiger partial charge in [0.15, 0.2) is 5.17 Å². The van der Waals surface area contributed by atoms with Crippen molar-refractivity contribution >= 4 is 86.3 Å². The lowest BCUT2D eigenvalue weighted by Crippen LogP contribution is -2.45. The lowest BCUT2D eigenvalue weighted by atomic mass is 10.0. The minimum atomic E-state index is -5.08. The number of nitrogens with zero attached hydrogens (tertiary/aromatic N) is 4. The summed E-state index contributed by atoms with van der Waals surface area (Å²) in [6.45, 7) is 8.92. The van der Waals surface area contributed by atoms with Crippen molar-refractivity contribution in [2.75, 3.05) is 55.4 Å². The number of nitrogens with one attached hydrogen (secondary N) is 2. The van der Waals surface area contributed by atoms with Crippen LogP contribution in [0.15, 0.2) is 52.5 Å². The third kappa shape index (κ3) is 9.73. The van der Waals surface area contributed by atoms with Gasteiger partial charge in [-0.2, -0.15) is 18.2 Å². The molecule has 12 nitrogen and oxygen atoms in total. The Morgan fingerprint density at radius 1 is 1.12 bits per heavy atom. The number of hydrogen-bond donors (Lipinski definition) is 3. The number of alkyl halides is 3. The molecule has 2 aliphatic rings. The summed E-state index contributed by atoms with van der Waals surface area (Å²) < 4.78 is 37.1. The number of piperazine rings is 1. The molecule has 0 unspecified atom stereocenters. The van der Waals surface area contributed by atoms with Gasteiger partial charge in [0.25, 0.3) is 5.91 Å². The van der Waals surface area contributed by atoms with E-state index in [-0.39, 0.29) is 24.3 Å². The van der Waals surface area contributed by atoms with Crippen molar-refractivity contribution in [3.63, 3.8) is 0 Å². The molecule has 2 amide bonds. The summed E-state index contributed by atoms with van der Waals surface area (Å²) in [5.41, 5.74) is 3.83. The van der Waals surface area contributed by atoms with Crippen LogP contribution in [-0.2, 0) is 19.1 Å². The van der Waals surface area contributed by atoms with E-state index in [0.717, 1.165) is 48.3 Å². The van der Waals surface area contributed by atoms with Gasteiger partial charge in [-0.1, -0.05) is 31.5 Å². The van der Waals surface area contributed by atoms with Gasteiger partial charge in [0, 0.05) is 49.4 Å². The summed E-state index contributed by atoms with van der Waals surface area (Å²) in [6.07, 6.45) is -1.72. The molecule has 5 rings (SSSR count). The van der Waals surface area contributed by atoms with Gasteiger partial charge >= 0.3 is 18.1 Å². The number of anilines is 3. The van der Waals surface area contributed by atoms with Crippen LogP contribution in [0.25, 0.3) is 17.0 Å². The summed E-state index contributed by atoms with van der Waals surface area (Å²) in [7, 11) is 2.08. The number of aliphatic carboxylic acids is 1. The summed E-state index contributed by atoms with van der Waals surface area (Å²) in [5, 5.41) is 14.7. The van der Waals surface area contributed by atoms with Crippen LogP contribution in [0.3, 0.4) is 0 Å². The Balaban J connectivity index is 0.000000727. The molecule has 3 heterocycles. The molecule has 1 aromatic heterocycles. The summed E-state index contributed by atoms with van der Waals surface area (Å²) >= 11 is 7.58. The average molecular weight is 735 g/mol. The minimum Gasteiger partial charge on any atom is -0.475 e. The van der Waals surface area contributed by atoms with Crippen molar-refractivity contribution in [1.29, 1.82) is 0 Å². The second-order valence-electron chi connectivity index (χ2n) is 11.4. The smallest absolute Gasteiger partial charge is 0.475 e. The maximum atomic E-state index is 12.9. The van der Waals surface area contributed by atoms with E-state index >= 15 is 0 Å². The van der Waals surface area contributed by atoms with Crippen LogP contribution >= 0.6 is 23.4 Å². The van der Waals surface area contributed by atoms with E-state index in [2.05, 4.69) is 37.5 Å². The number of likely N-dealkylation sites (N-methyl/N-ethyl adjacent to an activating group) is 1. The van der Waals surface area contributed by atoms with E-state index in [4.69, 9.17) is 26.2 Å². The van der Waals surface area contributed by atoms with Crippen LogP contribution < -0.4 is 15.5 Å². The second-order valence-corrected chi connectivity index (χ2v) is 12.8. The lowest BCUT2D eigenvalue weighted by molar-refractivity contribution is -0.192. The number of carboxylic acid groups (broad SMARTS) is 1. The first-order valence-electron chi connectivity index (χ1n) is 15.3. The molecule has 0 atom stereocenters. The summed E-state index contributed by atoms with van der Waals surface area (Å²) in [5.74, 6) is -3.84. The number of esters is 1. The minimum absolute atomic E-state index is 0.114. The first-order valence-corrected chi connectivity index (χ1v) is 16.5. The van der Waals surface area contributed by atoms with Crippen LogP contribution in [0, 0.1) is 5.92 Å². The predicted molar refractivity (Wildman–Crippen MR) is 188 cm³/mol. The number of benzene rings is 2. The number of carbonyl (C=O) groups excluding carboxylic acids is 3. The number of amidine groups is 1. The normalized spacial score (nSPS) is 15.9. The largest absolute Gasteiger partial charge is 0.490 e. The Labute approximate surface area is 294 Å². The van der Waals surface area contributed by atoms with E-state index in [1.165, 1.54) is 11.8 Å². The third-order valence-electron chi connectivity index (χ3n) is 7.34. The van der Waals surface area contributed by atoms with E-state index < -0.39 is 18.1 Å². The van der Waals surface area contributed by atoms with E-state index in [0.29, 0.717) is 32.0 Å². The number of aliphatic imine (C=N–C) groups is 1. The van der Waals surface area contributed by atoms with Crippen LogP contribution in [-0.4, -0.2) is 89.9 Å². The molecule has 0 spiro atoms. The molecule has 266 valence electrons. The highest BCUT2D eigenvalue weighted by Gasteiger charge is 2.38. The first kappa shape index (κ1) is 38.1. The molecule has 50 heavy (non-hydrogen) atoms. The number of hydrogen-bond acceptors (Lipinski definition) is 10. The Morgan fingerprint density at radius 3 is 2.42 bits per heavy atom. The molecule has 3 aromatic rings. The van der Waals surface area contributed by atoms with Gasteiger partial charge in [0.05, 0.1) is 33.4 Å². The number of carboxylic acids is 1. The molecule has 0 saturated carbocycles. The van der Waals surface area contributed by atoms with Crippen molar-refractivity contribution in [1.82, 2.24) is 9.88 Å². The molecule has 0 radical (unpaired) electrons. The second kappa shape index (κ2) is 16.4. The van der Waals surface area contributed by atoms with E-state index in [9.17, 15) is 27.6 Å². The van der Waals surface area contributed by atoms with Crippen LogP contribution in [0.5, 0.6) is 0 Å². The fraction of sp³-hybridized carbons (Fsp3) is 0.333. The van der Waals surface area contributed by atoms with Crippen molar-refractivity contribution in [3.8, 4) is 0 Å². The Bertz CT molecular complexity index is 1860. The lowest BCUT2D eigenvalue weighted by Gasteiger charge is -2.35. The molecular formula is C33H34ClF3N6O6S. The highest BCUT2D eigenvalue weighted by molar-refractivity contribution is 8.18. The van der Waals surface area contributed by atoms with Gasteiger partial charge in [-0.15, -0.1) is 0 Å². The van der Waals surface area contributed by atoms with Gasteiger partial charge in [-0.25, -0.2) is 9.59 Å². The van der Waals surface area contributed by atoms with Crippen LogP contribution in [0.2, 0.25) is 5.02 Å². The predicted octanol–water partition coefficient (Wildman–Crippen LogP) is 6.13. The molecular weight excluding hydrogens is 701 g/mol. The molecule has 1 fully saturated rings. The van der Waals surface area contributed by atoms with Crippen LogP contribution in [0.1, 0.15) is 36.7 Å². The van der Waals surface area contributed by atoms with Gasteiger partial charge in [-0.05, 0) is 67.7 Å². The molecule has 0 aliphatic carbocycles. The van der Waals surface area contributed by atoms with E-state index in [1.54, 1.807) is 37.4 Å². The van der Waals surface area contributed by atoms with Gasteiger partial charge < -0.3 is 30.3 Å². The van der Waals surface area contributed by atoms with Gasteiger partial charge in [0.2, 0.25) is 5.91 Å². The molecule has 2 aromatic carbocycles. The maximum Gasteiger partial charge on any atom is 0.490 e.